The Morgan fingerprint density at radius 3 is 2.56 bits per heavy atom. The van der Waals surface area contributed by atoms with Crippen molar-refractivity contribution in [2.75, 3.05) is 6.54 Å². The fourth-order valence-electron chi connectivity index (χ4n) is 3.05. The normalized spacial score (nSPS) is 14.7. The van der Waals surface area contributed by atoms with Crippen molar-refractivity contribution in [1.29, 1.82) is 0 Å². The maximum absolute atomic E-state index is 12.4. The van der Waals surface area contributed by atoms with Gasteiger partial charge in [-0.3, -0.25) is 4.79 Å². The number of aryl methyl sites for hydroxylation is 1. The molecule has 0 saturated heterocycles. The molecule has 1 saturated carbocycles. The van der Waals surface area contributed by atoms with E-state index in [0.717, 1.165) is 35.5 Å². The average molecular weight is 383 g/mol. The standard InChI is InChI=1S/C18H23ClN4O.ClH/c1-11-16(9-18(24)21-17(10-20)13-3-4-13)12(2)23(22-11)15-7-5-14(19)6-8-15;/h5-8,13,17H,3-4,9-10,20H2,1-2H3,(H,21,24);1H. The van der Waals surface area contributed by atoms with Crippen LogP contribution in [0.5, 0.6) is 0 Å². The van der Waals surface area contributed by atoms with E-state index in [1.807, 2.05) is 42.8 Å². The molecule has 3 rings (SSSR count). The molecule has 136 valence electrons. The Kier molecular flexibility index (Phi) is 6.49. The van der Waals surface area contributed by atoms with Crippen molar-refractivity contribution in [1.82, 2.24) is 15.1 Å². The lowest BCUT2D eigenvalue weighted by molar-refractivity contribution is -0.121. The Morgan fingerprint density at radius 1 is 1.36 bits per heavy atom. The van der Waals surface area contributed by atoms with Gasteiger partial charge in [-0.1, -0.05) is 11.6 Å². The Labute approximate surface area is 159 Å². The maximum atomic E-state index is 12.4. The summed E-state index contributed by atoms with van der Waals surface area (Å²) in [5.74, 6) is 0.567. The number of halogens is 2. The van der Waals surface area contributed by atoms with Crippen LogP contribution in [-0.4, -0.2) is 28.3 Å². The average Bonchev–Trinajstić information content (AvgIpc) is 3.36. The molecule has 1 heterocycles. The number of nitrogens with one attached hydrogen (secondary N) is 1. The SMILES string of the molecule is Cc1nn(-c2ccc(Cl)cc2)c(C)c1CC(=O)NC(CN)C1CC1.Cl. The first kappa shape index (κ1) is 19.8. The van der Waals surface area contributed by atoms with Crippen molar-refractivity contribution in [3.8, 4) is 5.69 Å². The Bertz CT molecular complexity index is 738. The minimum atomic E-state index is 0. The number of carbonyl (C=O) groups is 1. The summed E-state index contributed by atoms with van der Waals surface area (Å²) in [5.41, 5.74) is 9.51. The summed E-state index contributed by atoms with van der Waals surface area (Å²) in [5, 5.41) is 8.34. The lowest BCUT2D eigenvalue weighted by Gasteiger charge is -2.16. The van der Waals surface area contributed by atoms with Crippen LogP contribution in [0.4, 0.5) is 0 Å². The van der Waals surface area contributed by atoms with Crippen LogP contribution in [0, 0.1) is 19.8 Å². The minimum absolute atomic E-state index is 0. The molecule has 1 amide bonds. The number of aromatic nitrogens is 2. The number of nitrogens with zero attached hydrogens (tertiary/aromatic N) is 2. The summed E-state index contributed by atoms with van der Waals surface area (Å²) in [6, 6.07) is 7.61. The second-order valence-corrected chi connectivity index (χ2v) is 6.90. The first-order valence-corrected chi connectivity index (χ1v) is 8.68. The van der Waals surface area contributed by atoms with Gasteiger partial charge < -0.3 is 11.1 Å². The number of hydrogen-bond donors (Lipinski definition) is 2. The van der Waals surface area contributed by atoms with Crippen LogP contribution in [0.2, 0.25) is 5.02 Å². The molecule has 0 radical (unpaired) electrons. The third kappa shape index (κ3) is 4.54. The molecule has 2 aromatic rings. The molecule has 7 heteroatoms. The van der Waals surface area contributed by atoms with E-state index >= 15 is 0 Å². The number of benzene rings is 1. The van der Waals surface area contributed by atoms with Crippen LogP contribution >= 0.6 is 24.0 Å². The van der Waals surface area contributed by atoms with Crippen LogP contribution in [0.1, 0.15) is 29.8 Å². The van der Waals surface area contributed by atoms with E-state index in [1.54, 1.807) is 0 Å². The highest BCUT2D eigenvalue weighted by Gasteiger charge is 2.31. The van der Waals surface area contributed by atoms with Gasteiger partial charge in [-0.15, -0.1) is 12.4 Å². The lowest BCUT2D eigenvalue weighted by Crippen LogP contribution is -2.42. The molecule has 1 atom stereocenters. The molecule has 1 aromatic carbocycles. The summed E-state index contributed by atoms with van der Waals surface area (Å²) < 4.78 is 1.86. The van der Waals surface area contributed by atoms with Gasteiger partial charge in [-0.25, -0.2) is 4.68 Å². The summed E-state index contributed by atoms with van der Waals surface area (Å²) in [7, 11) is 0. The van der Waals surface area contributed by atoms with E-state index in [9.17, 15) is 4.79 Å². The molecule has 1 aliphatic rings. The number of rotatable bonds is 6. The minimum Gasteiger partial charge on any atom is -0.352 e. The highest BCUT2D eigenvalue weighted by Crippen LogP contribution is 2.32. The third-order valence-corrected chi connectivity index (χ3v) is 4.89. The van der Waals surface area contributed by atoms with E-state index in [2.05, 4.69) is 10.4 Å². The predicted octanol–water partition coefficient (Wildman–Crippen LogP) is 2.96. The number of carbonyl (C=O) groups excluding carboxylic acids is 1. The first-order chi connectivity index (χ1) is 11.5. The molecule has 1 unspecified atom stereocenters. The van der Waals surface area contributed by atoms with Crippen LogP contribution in [-0.2, 0) is 11.2 Å². The fraction of sp³-hybridized carbons (Fsp3) is 0.444. The summed E-state index contributed by atoms with van der Waals surface area (Å²) in [4.78, 5) is 12.4. The van der Waals surface area contributed by atoms with Crippen LogP contribution in [0.3, 0.4) is 0 Å². The monoisotopic (exact) mass is 382 g/mol. The molecular formula is C18H24Cl2N4O. The van der Waals surface area contributed by atoms with E-state index in [4.69, 9.17) is 17.3 Å². The van der Waals surface area contributed by atoms with E-state index in [1.165, 1.54) is 0 Å². The van der Waals surface area contributed by atoms with Crippen LogP contribution < -0.4 is 11.1 Å². The molecule has 0 bridgehead atoms. The van der Waals surface area contributed by atoms with Crippen LogP contribution in [0.15, 0.2) is 24.3 Å². The van der Waals surface area contributed by atoms with Gasteiger partial charge in [0.25, 0.3) is 0 Å². The van der Waals surface area contributed by atoms with Gasteiger partial charge in [-0.2, -0.15) is 5.10 Å². The zero-order chi connectivity index (χ0) is 17.3. The molecule has 0 spiro atoms. The molecule has 0 aliphatic heterocycles. The summed E-state index contributed by atoms with van der Waals surface area (Å²) in [6.07, 6.45) is 2.65. The quantitative estimate of drug-likeness (QED) is 0.806. The molecule has 1 aromatic heterocycles. The van der Waals surface area contributed by atoms with Crippen molar-refractivity contribution in [3.63, 3.8) is 0 Å². The predicted molar refractivity (Wildman–Crippen MR) is 103 cm³/mol. The van der Waals surface area contributed by atoms with Gasteiger partial charge in [0.05, 0.1) is 17.8 Å². The second-order valence-electron chi connectivity index (χ2n) is 6.46. The zero-order valence-corrected chi connectivity index (χ0v) is 16.0. The van der Waals surface area contributed by atoms with Gasteiger partial charge >= 0.3 is 0 Å². The second kappa shape index (κ2) is 8.21. The largest absolute Gasteiger partial charge is 0.352 e. The lowest BCUT2D eigenvalue weighted by atomic mass is 10.1. The summed E-state index contributed by atoms with van der Waals surface area (Å²) >= 11 is 5.94. The Balaban J connectivity index is 0.00000225. The molecule has 1 aliphatic carbocycles. The zero-order valence-electron chi connectivity index (χ0n) is 14.5. The maximum Gasteiger partial charge on any atom is 0.224 e. The van der Waals surface area contributed by atoms with Crippen molar-refractivity contribution in [3.05, 3.63) is 46.2 Å². The molecule has 1 fully saturated rings. The molecule has 3 N–H and O–H groups in total. The number of nitrogens with two attached hydrogens (primary N) is 1. The van der Waals surface area contributed by atoms with Gasteiger partial charge in [0, 0.05) is 28.9 Å². The fourth-order valence-corrected chi connectivity index (χ4v) is 3.18. The smallest absolute Gasteiger partial charge is 0.224 e. The molecular weight excluding hydrogens is 359 g/mol. The number of amides is 1. The van der Waals surface area contributed by atoms with Crippen LogP contribution in [0.25, 0.3) is 5.69 Å². The molecule has 25 heavy (non-hydrogen) atoms. The topological polar surface area (TPSA) is 72.9 Å². The van der Waals surface area contributed by atoms with E-state index in [-0.39, 0.29) is 24.4 Å². The highest BCUT2D eigenvalue weighted by molar-refractivity contribution is 6.30. The highest BCUT2D eigenvalue weighted by atomic mass is 35.5. The third-order valence-electron chi connectivity index (χ3n) is 4.64. The van der Waals surface area contributed by atoms with Crippen molar-refractivity contribution < 1.29 is 4.79 Å². The van der Waals surface area contributed by atoms with Gasteiger partial charge in [0.2, 0.25) is 5.91 Å². The van der Waals surface area contributed by atoms with Crippen molar-refractivity contribution in [2.45, 2.75) is 39.2 Å². The Hall–Kier alpha value is -1.56. The van der Waals surface area contributed by atoms with Crippen molar-refractivity contribution in [2.24, 2.45) is 11.7 Å². The van der Waals surface area contributed by atoms with E-state index in [0.29, 0.717) is 23.9 Å². The van der Waals surface area contributed by atoms with Gasteiger partial charge in [-0.05, 0) is 56.9 Å². The first-order valence-electron chi connectivity index (χ1n) is 8.30. The van der Waals surface area contributed by atoms with Gasteiger partial charge in [0.15, 0.2) is 0 Å². The van der Waals surface area contributed by atoms with E-state index < -0.39 is 0 Å². The summed E-state index contributed by atoms with van der Waals surface area (Å²) in [6.45, 7) is 4.42. The number of hydrogen-bond acceptors (Lipinski definition) is 3. The Morgan fingerprint density at radius 2 is 2.00 bits per heavy atom. The van der Waals surface area contributed by atoms with Crippen molar-refractivity contribution >= 4 is 29.9 Å². The van der Waals surface area contributed by atoms with Gasteiger partial charge in [0.1, 0.15) is 0 Å². The molecule has 5 nitrogen and oxygen atoms in total.